The number of hydrogen-bond acceptors (Lipinski definition) is 3. The number of hydrogen-bond donors (Lipinski definition) is 1. The van der Waals surface area contributed by atoms with Crippen molar-refractivity contribution in [3.8, 4) is 0 Å². The van der Waals surface area contributed by atoms with E-state index in [0.29, 0.717) is 38.3 Å². The van der Waals surface area contributed by atoms with Crippen LogP contribution in [0.25, 0.3) is 0 Å². The van der Waals surface area contributed by atoms with Gasteiger partial charge in [-0.2, -0.15) is 0 Å². The molecule has 0 aromatic heterocycles. The first-order valence-electron chi connectivity index (χ1n) is 7.94. The van der Waals surface area contributed by atoms with Crippen LogP contribution >= 0.6 is 15.9 Å². The number of benzene rings is 1. The summed E-state index contributed by atoms with van der Waals surface area (Å²) in [5.41, 5.74) is 0. The fraction of sp³-hybridized carbons (Fsp3) is 0.562. The highest BCUT2D eigenvalue weighted by Gasteiger charge is 2.27. The van der Waals surface area contributed by atoms with E-state index in [4.69, 9.17) is 0 Å². The minimum atomic E-state index is -3.73. The zero-order valence-electron chi connectivity index (χ0n) is 13.8. The minimum absolute atomic E-state index is 0.0159. The SMILES string of the molecule is CC(C)CC(=O)N1CCC(NS(=O)(=O)c2ccc(F)cc2Br)CC1. The summed E-state index contributed by atoms with van der Waals surface area (Å²) in [6, 6.07) is 3.26. The predicted octanol–water partition coefficient (Wildman–Crippen LogP) is 2.90. The lowest BCUT2D eigenvalue weighted by molar-refractivity contribution is -0.133. The highest BCUT2D eigenvalue weighted by Crippen LogP contribution is 2.24. The third kappa shape index (κ3) is 5.00. The van der Waals surface area contributed by atoms with Gasteiger partial charge in [0.25, 0.3) is 0 Å². The molecule has 5 nitrogen and oxygen atoms in total. The van der Waals surface area contributed by atoms with Gasteiger partial charge in [0.1, 0.15) is 5.82 Å². The molecule has 0 saturated carbocycles. The van der Waals surface area contributed by atoms with Gasteiger partial charge in [-0.15, -0.1) is 0 Å². The van der Waals surface area contributed by atoms with Crippen molar-refractivity contribution in [3.63, 3.8) is 0 Å². The van der Waals surface area contributed by atoms with Gasteiger partial charge in [-0.1, -0.05) is 13.8 Å². The molecule has 1 saturated heterocycles. The molecule has 1 aromatic carbocycles. The molecule has 0 radical (unpaired) electrons. The first kappa shape index (κ1) is 19.3. The molecule has 1 N–H and O–H groups in total. The second kappa shape index (κ2) is 7.93. The number of sulfonamides is 1. The van der Waals surface area contributed by atoms with Crippen LogP contribution in [0.2, 0.25) is 0 Å². The molecular weight excluding hydrogens is 399 g/mol. The summed E-state index contributed by atoms with van der Waals surface area (Å²) < 4.78 is 40.9. The zero-order valence-corrected chi connectivity index (χ0v) is 16.2. The van der Waals surface area contributed by atoms with Crippen LogP contribution in [0.1, 0.15) is 33.1 Å². The fourth-order valence-corrected chi connectivity index (χ4v) is 5.06. The summed E-state index contributed by atoms with van der Waals surface area (Å²) in [5.74, 6) is -0.0741. The lowest BCUT2D eigenvalue weighted by Gasteiger charge is -2.32. The van der Waals surface area contributed by atoms with Crippen molar-refractivity contribution in [3.05, 3.63) is 28.5 Å². The number of piperidine rings is 1. The van der Waals surface area contributed by atoms with E-state index in [0.717, 1.165) is 12.1 Å². The summed E-state index contributed by atoms with van der Waals surface area (Å²) in [6.07, 6.45) is 1.66. The Morgan fingerprint density at radius 2 is 2.00 bits per heavy atom. The molecule has 1 amide bonds. The Morgan fingerprint density at radius 3 is 2.54 bits per heavy atom. The van der Waals surface area contributed by atoms with Gasteiger partial charge in [-0.25, -0.2) is 17.5 Å². The summed E-state index contributed by atoms with van der Waals surface area (Å²) in [5, 5.41) is 0. The maximum atomic E-state index is 13.1. The molecular formula is C16H22BrFN2O3S. The Kier molecular flexibility index (Phi) is 6.39. The van der Waals surface area contributed by atoms with E-state index in [1.54, 1.807) is 4.90 Å². The van der Waals surface area contributed by atoms with E-state index in [-0.39, 0.29) is 21.3 Å². The van der Waals surface area contributed by atoms with Crippen LogP contribution in [0.15, 0.2) is 27.6 Å². The Balaban J connectivity index is 1.97. The second-order valence-electron chi connectivity index (χ2n) is 6.45. The largest absolute Gasteiger partial charge is 0.343 e. The fourth-order valence-electron chi connectivity index (χ4n) is 2.70. The van der Waals surface area contributed by atoms with Crippen molar-refractivity contribution in [1.29, 1.82) is 0 Å². The van der Waals surface area contributed by atoms with Crippen molar-refractivity contribution in [2.24, 2.45) is 5.92 Å². The molecule has 8 heteroatoms. The molecule has 24 heavy (non-hydrogen) atoms. The number of carbonyl (C=O) groups excluding carboxylic acids is 1. The Bertz CT molecular complexity index is 701. The van der Waals surface area contributed by atoms with Gasteiger partial charge < -0.3 is 4.90 Å². The van der Waals surface area contributed by atoms with Gasteiger partial charge in [0, 0.05) is 30.0 Å². The predicted molar refractivity (Wildman–Crippen MR) is 93.5 cm³/mol. The minimum Gasteiger partial charge on any atom is -0.343 e. The number of nitrogens with zero attached hydrogens (tertiary/aromatic N) is 1. The average Bonchev–Trinajstić information content (AvgIpc) is 2.46. The lowest BCUT2D eigenvalue weighted by Crippen LogP contribution is -2.46. The van der Waals surface area contributed by atoms with E-state index in [1.807, 2.05) is 13.8 Å². The number of halogens is 2. The van der Waals surface area contributed by atoms with E-state index < -0.39 is 15.8 Å². The maximum absolute atomic E-state index is 13.1. The standard InChI is InChI=1S/C16H22BrFN2O3S/c1-11(2)9-16(21)20-7-5-13(6-8-20)19-24(22,23)15-4-3-12(18)10-14(15)17/h3-4,10-11,13,19H,5-9H2,1-2H3. The molecule has 2 rings (SSSR count). The van der Waals surface area contributed by atoms with Gasteiger partial charge in [-0.05, 0) is 52.9 Å². The van der Waals surface area contributed by atoms with Crippen molar-refractivity contribution in [2.45, 2.75) is 44.0 Å². The smallest absolute Gasteiger partial charge is 0.241 e. The molecule has 0 bridgehead atoms. The monoisotopic (exact) mass is 420 g/mol. The summed E-state index contributed by atoms with van der Waals surface area (Å²) in [6.45, 7) is 5.09. The lowest BCUT2D eigenvalue weighted by atomic mass is 10.0. The van der Waals surface area contributed by atoms with Gasteiger partial charge >= 0.3 is 0 Å². The van der Waals surface area contributed by atoms with E-state index >= 15 is 0 Å². The van der Waals surface area contributed by atoms with Crippen molar-refractivity contribution in [1.82, 2.24) is 9.62 Å². The summed E-state index contributed by atoms with van der Waals surface area (Å²) in [7, 11) is -3.73. The van der Waals surface area contributed by atoms with Gasteiger partial charge in [-0.3, -0.25) is 4.79 Å². The van der Waals surface area contributed by atoms with Crippen LogP contribution in [0.4, 0.5) is 4.39 Å². The van der Waals surface area contributed by atoms with Crippen LogP contribution in [-0.4, -0.2) is 38.4 Å². The van der Waals surface area contributed by atoms with E-state index in [1.165, 1.54) is 6.07 Å². The van der Waals surface area contributed by atoms with Crippen LogP contribution < -0.4 is 4.72 Å². The van der Waals surface area contributed by atoms with Gasteiger partial charge in [0.05, 0.1) is 4.90 Å². The highest BCUT2D eigenvalue weighted by molar-refractivity contribution is 9.10. The van der Waals surface area contributed by atoms with Crippen LogP contribution in [0.5, 0.6) is 0 Å². The first-order valence-corrected chi connectivity index (χ1v) is 10.2. The molecule has 0 spiro atoms. The Hall–Kier alpha value is -0.990. The molecule has 1 heterocycles. The highest BCUT2D eigenvalue weighted by atomic mass is 79.9. The van der Waals surface area contributed by atoms with Gasteiger partial charge in [0.15, 0.2) is 0 Å². The molecule has 1 aliphatic rings. The third-order valence-corrected chi connectivity index (χ3v) is 6.43. The normalized spacial score (nSPS) is 16.6. The number of amides is 1. The number of nitrogens with one attached hydrogen (secondary N) is 1. The van der Waals surface area contributed by atoms with E-state index in [2.05, 4.69) is 20.7 Å². The van der Waals surface area contributed by atoms with Crippen LogP contribution in [0, 0.1) is 11.7 Å². The molecule has 0 unspecified atom stereocenters. The van der Waals surface area contributed by atoms with Crippen molar-refractivity contribution >= 4 is 31.9 Å². The molecule has 0 aliphatic carbocycles. The molecule has 0 atom stereocenters. The summed E-state index contributed by atoms with van der Waals surface area (Å²) >= 11 is 3.09. The molecule has 134 valence electrons. The molecule has 1 aliphatic heterocycles. The second-order valence-corrected chi connectivity index (χ2v) is 8.99. The van der Waals surface area contributed by atoms with Crippen molar-refractivity contribution < 1.29 is 17.6 Å². The molecule has 1 fully saturated rings. The van der Waals surface area contributed by atoms with Crippen LogP contribution in [0.3, 0.4) is 0 Å². The van der Waals surface area contributed by atoms with Crippen molar-refractivity contribution in [2.75, 3.05) is 13.1 Å². The zero-order chi connectivity index (χ0) is 17.9. The third-order valence-electron chi connectivity index (χ3n) is 3.94. The number of rotatable bonds is 5. The maximum Gasteiger partial charge on any atom is 0.241 e. The first-order chi connectivity index (χ1) is 11.2. The summed E-state index contributed by atoms with van der Waals surface area (Å²) in [4.78, 5) is 13.9. The van der Waals surface area contributed by atoms with Gasteiger partial charge in [0.2, 0.25) is 15.9 Å². The Morgan fingerprint density at radius 1 is 1.38 bits per heavy atom. The quantitative estimate of drug-likeness (QED) is 0.795. The van der Waals surface area contributed by atoms with E-state index in [9.17, 15) is 17.6 Å². The molecule has 1 aromatic rings. The number of carbonyl (C=O) groups is 1. The van der Waals surface area contributed by atoms with Crippen LogP contribution in [-0.2, 0) is 14.8 Å². The number of likely N-dealkylation sites (tertiary alicyclic amines) is 1. The Labute approximate surface area is 150 Å². The average molecular weight is 421 g/mol. The topological polar surface area (TPSA) is 66.5 Å².